The molecular weight excluding hydrogens is 284 g/mol. The molecule has 1 heterocycles. The molecule has 6 heteroatoms. The maximum absolute atomic E-state index is 12.1. The fraction of sp³-hybridized carbons (Fsp3) is 0.812. The number of hydrogen-bond donors (Lipinski definition) is 1. The second-order valence-electron chi connectivity index (χ2n) is 7.51. The van der Waals surface area contributed by atoms with Gasteiger partial charge in [-0.15, -0.1) is 0 Å². The number of imide groups is 1. The van der Waals surface area contributed by atoms with Gasteiger partial charge in [0.1, 0.15) is 12.6 Å². The van der Waals surface area contributed by atoms with E-state index >= 15 is 0 Å². The summed E-state index contributed by atoms with van der Waals surface area (Å²) in [6.07, 6.45) is 2.34. The minimum Gasteiger partial charge on any atom is -0.461 e. The second kappa shape index (κ2) is 5.25. The summed E-state index contributed by atoms with van der Waals surface area (Å²) in [5, 5.41) is 2.21. The number of amides is 3. The Balaban J connectivity index is 1.53. The van der Waals surface area contributed by atoms with E-state index in [1.807, 2.05) is 0 Å². The van der Waals surface area contributed by atoms with E-state index < -0.39 is 6.03 Å². The van der Waals surface area contributed by atoms with E-state index in [1.54, 1.807) is 0 Å². The van der Waals surface area contributed by atoms with E-state index in [2.05, 4.69) is 26.1 Å². The van der Waals surface area contributed by atoms with Crippen LogP contribution in [-0.4, -0.2) is 42.0 Å². The van der Waals surface area contributed by atoms with Crippen LogP contribution in [0.25, 0.3) is 0 Å². The van der Waals surface area contributed by atoms with Gasteiger partial charge in [0.25, 0.3) is 0 Å². The van der Waals surface area contributed by atoms with Gasteiger partial charge in [-0.05, 0) is 36.0 Å². The number of ether oxygens (including phenoxy) is 1. The lowest BCUT2D eigenvalue weighted by molar-refractivity contribution is -0.186. The highest BCUT2D eigenvalue weighted by molar-refractivity contribution is 5.97. The fourth-order valence-corrected chi connectivity index (χ4v) is 4.37. The van der Waals surface area contributed by atoms with Crippen LogP contribution >= 0.6 is 0 Å². The molecule has 1 N–H and O–H groups in total. The number of urea groups is 1. The molecule has 3 amide bonds. The van der Waals surface area contributed by atoms with Gasteiger partial charge in [-0.3, -0.25) is 14.9 Å². The van der Waals surface area contributed by atoms with Crippen molar-refractivity contribution in [3.8, 4) is 0 Å². The van der Waals surface area contributed by atoms with E-state index in [1.165, 1.54) is 11.3 Å². The molecular formula is C16H24N2O4. The first-order valence-electron chi connectivity index (χ1n) is 8.07. The number of carbonyl (C=O) groups excluding carboxylic acids is 3. The number of nitrogens with one attached hydrogen (secondary N) is 1. The molecule has 0 aromatic rings. The molecule has 1 saturated heterocycles. The van der Waals surface area contributed by atoms with Gasteiger partial charge in [0.15, 0.2) is 0 Å². The van der Waals surface area contributed by atoms with Crippen LogP contribution in [0.1, 0.15) is 40.0 Å². The Kier molecular flexibility index (Phi) is 3.65. The zero-order chi connectivity index (χ0) is 16.1. The average Bonchev–Trinajstić information content (AvgIpc) is 2.43. The third-order valence-corrected chi connectivity index (χ3v) is 6.03. The molecule has 4 atom stereocenters. The van der Waals surface area contributed by atoms with Crippen molar-refractivity contribution in [3.63, 3.8) is 0 Å². The summed E-state index contributed by atoms with van der Waals surface area (Å²) in [4.78, 5) is 36.2. The number of hydrogen-bond acceptors (Lipinski definition) is 4. The van der Waals surface area contributed by atoms with Crippen molar-refractivity contribution < 1.29 is 19.1 Å². The number of nitrogens with zero attached hydrogens (tertiary/aromatic N) is 1. The Morgan fingerprint density at radius 1 is 1.36 bits per heavy atom. The van der Waals surface area contributed by atoms with Crippen molar-refractivity contribution in [1.29, 1.82) is 0 Å². The third kappa shape index (κ3) is 2.48. The predicted octanol–water partition coefficient (Wildman–Crippen LogP) is 1.54. The van der Waals surface area contributed by atoms with Crippen LogP contribution in [0.3, 0.4) is 0 Å². The first-order chi connectivity index (χ1) is 10.3. The zero-order valence-corrected chi connectivity index (χ0v) is 13.4. The Labute approximate surface area is 130 Å². The highest BCUT2D eigenvalue weighted by Gasteiger charge is 2.57. The predicted molar refractivity (Wildman–Crippen MR) is 78.8 cm³/mol. The van der Waals surface area contributed by atoms with Crippen LogP contribution in [0.2, 0.25) is 0 Å². The quantitative estimate of drug-likeness (QED) is 0.803. The largest absolute Gasteiger partial charge is 0.461 e. The lowest BCUT2D eigenvalue weighted by Crippen LogP contribution is -2.58. The van der Waals surface area contributed by atoms with Crippen LogP contribution < -0.4 is 5.32 Å². The van der Waals surface area contributed by atoms with Gasteiger partial charge in [-0.1, -0.05) is 20.8 Å². The Bertz CT molecular complexity index is 516. The average molecular weight is 308 g/mol. The molecule has 3 aliphatic carbocycles. The SMILES string of the molecule is CC1C(OC(=O)CN2CCC(=O)NC2=O)CC2CC1C2(C)C. The maximum Gasteiger partial charge on any atom is 0.325 e. The van der Waals surface area contributed by atoms with Crippen molar-refractivity contribution in [2.24, 2.45) is 23.2 Å². The van der Waals surface area contributed by atoms with Crippen molar-refractivity contribution in [3.05, 3.63) is 0 Å². The van der Waals surface area contributed by atoms with Gasteiger partial charge in [-0.25, -0.2) is 4.79 Å². The summed E-state index contributed by atoms with van der Waals surface area (Å²) in [7, 11) is 0. The Morgan fingerprint density at radius 2 is 2.09 bits per heavy atom. The molecule has 2 bridgehead atoms. The van der Waals surface area contributed by atoms with E-state index in [-0.39, 0.29) is 37.5 Å². The molecule has 3 saturated carbocycles. The summed E-state index contributed by atoms with van der Waals surface area (Å²) in [6, 6.07) is -0.506. The Morgan fingerprint density at radius 3 is 2.68 bits per heavy atom. The molecule has 0 radical (unpaired) electrons. The van der Waals surface area contributed by atoms with Crippen LogP contribution in [0.4, 0.5) is 4.79 Å². The van der Waals surface area contributed by atoms with Gasteiger partial charge in [0.05, 0.1) is 0 Å². The summed E-state index contributed by atoms with van der Waals surface area (Å²) >= 11 is 0. The molecule has 122 valence electrons. The highest BCUT2D eigenvalue weighted by atomic mass is 16.5. The maximum atomic E-state index is 12.1. The standard InChI is InChI=1S/C16H24N2O4/c1-9-11-6-10(16(11,2)3)7-12(9)22-14(20)8-18-5-4-13(19)17-15(18)21/h9-12H,4-8H2,1-3H3,(H,17,19,21). The number of fused-ring (bicyclic) bond motifs is 2. The fourth-order valence-electron chi connectivity index (χ4n) is 4.37. The number of rotatable bonds is 3. The number of esters is 1. The van der Waals surface area contributed by atoms with Gasteiger partial charge in [0.2, 0.25) is 5.91 Å². The molecule has 0 spiro atoms. The monoisotopic (exact) mass is 308 g/mol. The van der Waals surface area contributed by atoms with Crippen LogP contribution in [0.5, 0.6) is 0 Å². The van der Waals surface area contributed by atoms with E-state index in [0.29, 0.717) is 23.2 Å². The minimum absolute atomic E-state index is 0.0428. The van der Waals surface area contributed by atoms with Crippen molar-refractivity contribution in [2.45, 2.75) is 46.1 Å². The lowest BCUT2D eigenvalue weighted by atomic mass is 9.45. The molecule has 0 aromatic heterocycles. The zero-order valence-electron chi connectivity index (χ0n) is 13.4. The molecule has 4 unspecified atom stereocenters. The molecule has 0 aromatic carbocycles. The lowest BCUT2D eigenvalue weighted by Gasteiger charge is -2.61. The van der Waals surface area contributed by atoms with Gasteiger partial charge in [-0.2, -0.15) is 0 Å². The first-order valence-corrected chi connectivity index (χ1v) is 8.07. The van der Waals surface area contributed by atoms with E-state index in [9.17, 15) is 14.4 Å². The second-order valence-corrected chi connectivity index (χ2v) is 7.51. The van der Waals surface area contributed by atoms with E-state index in [4.69, 9.17) is 4.74 Å². The number of carbonyl (C=O) groups is 3. The van der Waals surface area contributed by atoms with Crippen LogP contribution in [-0.2, 0) is 14.3 Å². The molecule has 22 heavy (non-hydrogen) atoms. The van der Waals surface area contributed by atoms with Crippen molar-refractivity contribution in [1.82, 2.24) is 10.2 Å². The van der Waals surface area contributed by atoms with Gasteiger partial charge in [0, 0.05) is 13.0 Å². The van der Waals surface area contributed by atoms with Gasteiger partial charge < -0.3 is 9.64 Å². The minimum atomic E-state index is -0.506. The molecule has 4 rings (SSSR count). The molecule has 6 nitrogen and oxygen atoms in total. The van der Waals surface area contributed by atoms with Crippen molar-refractivity contribution in [2.75, 3.05) is 13.1 Å². The molecule has 1 aliphatic heterocycles. The van der Waals surface area contributed by atoms with Crippen LogP contribution in [0.15, 0.2) is 0 Å². The summed E-state index contributed by atoms with van der Waals surface area (Å²) in [6.45, 7) is 6.95. The topological polar surface area (TPSA) is 75.7 Å². The van der Waals surface area contributed by atoms with Crippen molar-refractivity contribution >= 4 is 17.9 Å². The normalized spacial score (nSPS) is 36.4. The van der Waals surface area contributed by atoms with Gasteiger partial charge >= 0.3 is 12.0 Å². The summed E-state index contributed by atoms with van der Waals surface area (Å²) in [5.41, 5.74) is 0.357. The summed E-state index contributed by atoms with van der Waals surface area (Å²) < 4.78 is 5.63. The highest BCUT2D eigenvalue weighted by Crippen LogP contribution is 2.61. The third-order valence-electron chi connectivity index (χ3n) is 6.03. The summed E-state index contributed by atoms with van der Waals surface area (Å²) in [5.74, 6) is 0.932. The Hall–Kier alpha value is -1.59. The molecule has 4 aliphatic rings. The smallest absolute Gasteiger partial charge is 0.325 e. The molecule has 4 fully saturated rings. The first kappa shape index (κ1) is 15.3. The van der Waals surface area contributed by atoms with Crippen LogP contribution in [0, 0.1) is 23.2 Å². The van der Waals surface area contributed by atoms with E-state index in [0.717, 1.165) is 6.42 Å².